The van der Waals surface area contributed by atoms with Gasteiger partial charge >= 0.3 is 5.92 Å². The maximum Gasteiger partial charge on any atom is 0.349 e. The van der Waals surface area contributed by atoms with Crippen LogP contribution < -0.4 is 0 Å². The molecule has 6 rings (SSSR count). The van der Waals surface area contributed by atoms with E-state index in [0.717, 1.165) is 18.6 Å². The van der Waals surface area contributed by atoms with Crippen molar-refractivity contribution in [2.24, 2.45) is 16.7 Å². The molecule has 196 valence electrons. The third kappa shape index (κ3) is 3.88. The molecule has 1 saturated carbocycles. The Morgan fingerprint density at radius 3 is 2.45 bits per heavy atom. The molecule has 1 spiro atoms. The molecule has 2 aromatic heterocycles. The van der Waals surface area contributed by atoms with Gasteiger partial charge in [-0.15, -0.1) is 21.5 Å². The summed E-state index contributed by atoms with van der Waals surface area (Å²) in [6.45, 7) is 5.45. The molecular formula is C26H24F2N6O3S. The van der Waals surface area contributed by atoms with Gasteiger partial charge in [-0.2, -0.15) is 14.0 Å². The number of thiazole rings is 1. The molecule has 0 radical (unpaired) electrons. The maximum absolute atomic E-state index is 15.2. The molecule has 1 aromatic carbocycles. The van der Waals surface area contributed by atoms with Crippen LogP contribution >= 0.6 is 11.3 Å². The lowest BCUT2D eigenvalue weighted by Gasteiger charge is -2.50. The van der Waals surface area contributed by atoms with E-state index in [0.29, 0.717) is 24.5 Å². The number of benzene rings is 1. The lowest BCUT2D eigenvalue weighted by atomic mass is 9.71. The summed E-state index contributed by atoms with van der Waals surface area (Å²) in [5.41, 5.74) is 0.882. The van der Waals surface area contributed by atoms with E-state index >= 15 is 8.78 Å². The van der Waals surface area contributed by atoms with Gasteiger partial charge < -0.3 is 14.2 Å². The number of carbonyl (C=O) groups excluding carboxylic acids is 2. The van der Waals surface area contributed by atoms with Gasteiger partial charge in [0.05, 0.1) is 29.3 Å². The van der Waals surface area contributed by atoms with Crippen LogP contribution in [-0.4, -0.2) is 63.0 Å². The second-order valence-electron chi connectivity index (χ2n) is 11.1. The molecule has 3 fully saturated rings. The van der Waals surface area contributed by atoms with Crippen LogP contribution in [0.15, 0.2) is 40.4 Å². The van der Waals surface area contributed by atoms with E-state index in [1.54, 1.807) is 15.3 Å². The average molecular weight is 539 g/mol. The second-order valence-corrected chi connectivity index (χ2v) is 12.0. The first-order valence-corrected chi connectivity index (χ1v) is 13.1. The first-order valence-electron chi connectivity index (χ1n) is 12.2. The van der Waals surface area contributed by atoms with Crippen molar-refractivity contribution in [3.8, 4) is 6.07 Å². The van der Waals surface area contributed by atoms with Crippen molar-refractivity contribution in [2.75, 3.05) is 26.2 Å². The SMILES string of the molecule is CC1(C)C[C@@H]1C(=O)N1CC2(CN(C(=O)c3cncs3)CC2c2nnc(C(F)(F)c3ccc(C#N)cc3)o2)C1. The van der Waals surface area contributed by atoms with E-state index in [1.165, 1.54) is 29.7 Å². The molecule has 0 bridgehead atoms. The molecule has 38 heavy (non-hydrogen) atoms. The van der Waals surface area contributed by atoms with E-state index in [-0.39, 0.29) is 46.7 Å². The number of hydrogen-bond acceptors (Lipinski definition) is 8. The van der Waals surface area contributed by atoms with Crippen molar-refractivity contribution in [2.45, 2.75) is 32.1 Å². The van der Waals surface area contributed by atoms with Crippen molar-refractivity contribution < 1.29 is 22.8 Å². The van der Waals surface area contributed by atoms with Gasteiger partial charge in [0.2, 0.25) is 11.8 Å². The first kappa shape index (κ1) is 24.6. The molecule has 1 aliphatic carbocycles. The Labute approximate surface area is 221 Å². The quantitative estimate of drug-likeness (QED) is 0.487. The van der Waals surface area contributed by atoms with Gasteiger partial charge in [-0.1, -0.05) is 26.0 Å². The zero-order valence-electron chi connectivity index (χ0n) is 20.7. The maximum atomic E-state index is 15.2. The first-order chi connectivity index (χ1) is 18.0. The van der Waals surface area contributed by atoms with Crippen molar-refractivity contribution in [3.63, 3.8) is 0 Å². The summed E-state index contributed by atoms with van der Waals surface area (Å²) in [6.07, 6.45) is 2.34. The van der Waals surface area contributed by atoms with Crippen LogP contribution in [-0.2, 0) is 10.7 Å². The van der Waals surface area contributed by atoms with Gasteiger partial charge in [-0.25, -0.2) is 0 Å². The number of aromatic nitrogens is 3. The minimum Gasteiger partial charge on any atom is -0.419 e. The van der Waals surface area contributed by atoms with Crippen molar-refractivity contribution in [3.05, 3.63) is 63.8 Å². The van der Waals surface area contributed by atoms with Gasteiger partial charge in [0.15, 0.2) is 0 Å². The number of alkyl halides is 2. The molecule has 0 N–H and O–H groups in total. The highest BCUT2D eigenvalue weighted by atomic mass is 32.1. The number of rotatable bonds is 5. The fourth-order valence-corrected chi connectivity index (χ4v) is 6.21. The van der Waals surface area contributed by atoms with Crippen LogP contribution in [0, 0.1) is 28.1 Å². The fourth-order valence-electron chi connectivity index (χ4n) is 5.62. The van der Waals surface area contributed by atoms with E-state index in [9.17, 15) is 9.59 Å². The molecule has 2 aliphatic heterocycles. The minimum absolute atomic E-state index is 0.0124. The van der Waals surface area contributed by atoms with E-state index in [4.69, 9.17) is 9.68 Å². The Hall–Kier alpha value is -3.72. The summed E-state index contributed by atoms with van der Waals surface area (Å²) >= 11 is 1.23. The third-order valence-electron chi connectivity index (χ3n) is 8.10. The van der Waals surface area contributed by atoms with Gasteiger partial charge in [0.25, 0.3) is 11.8 Å². The van der Waals surface area contributed by atoms with Crippen molar-refractivity contribution in [1.82, 2.24) is 25.0 Å². The smallest absolute Gasteiger partial charge is 0.349 e. The van der Waals surface area contributed by atoms with E-state index in [2.05, 4.69) is 29.0 Å². The van der Waals surface area contributed by atoms with Crippen LogP contribution in [0.25, 0.3) is 0 Å². The summed E-state index contributed by atoms with van der Waals surface area (Å²) in [5, 5.41) is 16.6. The predicted molar refractivity (Wildman–Crippen MR) is 130 cm³/mol. The molecule has 2 amide bonds. The highest BCUT2D eigenvalue weighted by Crippen LogP contribution is 2.56. The monoisotopic (exact) mass is 538 g/mol. The van der Waals surface area contributed by atoms with Crippen LogP contribution in [0.1, 0.15) is 58.8 Å². The molecule has 9 nitrogen and oxygen atoms in total. The number of hydrogen-bond donors (Lipinski definition) is 0. The van der Waals surface area contributed by atoms with Crippen molar-refractivity contribution in [1.29, 1.82) is 5.26 Å². The van der Waals surface area contributed by atoms with E-state index < -0.39 is 23.1 Å². The molecule has 2 atom stereocenters. The molecule has 4 heterocycles. The summed E-state index contributed by atoms with van der Waals surface area (Å²) in [6, 6.07) is 6.82. The summed E-state index contributed by atoms with van der Waals surface area (Å²) in [7, 11) is 0. The number of nitriles is 1. The predicted octanol–water partition coefficient (Wildman–Crippen LogP) is 3.65. The standard InChI is InChI=1S/C26H24F2N6O3S/c1-24(2)7-17(24)21(35)34-12-25(13-34)11-33(22(36)19-9-30-14-38-19)10-18(25)20-31-32-23(37-20)26(27,28)16-5-3-15(8-29)4-6-16/h3-6,9,14,17-18H,7,10-13H2,1-2H3/t17-,18?/m1/s1. The lowest BCUT2D eigenvalue weighted by molar-refractivity contribution is -0.146. The zero-order valence-corrected chi connectivity index (χ0v) is 21.5. The number of likely N-dealkylation sites (tertiary alicyclic amines) is 2. The number of carbonyl (C=O) groups is 2. The van der Waals surface area contributed by atoms with Crippen LogP contribution in [0.5, 0.6) is 0 Å². The molecule has 2 saturated heterocycles. The molecule has 3 aliphatic rings. The zero-order chi connectivity index (χ0) is 26.9. The van der Waals surface area contributed by atoms with Crippen molar-refractivity contribution >= 4 is 23.2 Å². The van der Waals surface area contributed by atoms with Crippen LogP contribution in [0.4, 0.5) is 8.78 Å². The Balaban J connectivity index is 1.27. The summed E-state index contributed by atoms with van der Waals surface area (Å²) in [5.74, 6) is -5.04. The van der Waals surface area contributed by atoms with Gasteiger partial charge in [-0.3, -0.25) is 14.6 Å². The van der Waals surface area contributed by atoms with Gasteiger partial charge in [0, 0.05) is 43.1 Å². The Bertz CT molecular complexity index is 1440. The average Bonchev–Trinajstić information content (AvgIpc) is 3.41. The Kier molecular flexibility index (Phi) is 5.43. The lowest BCUT2D eigenvalue weighted by Crippen LogP contribution is -2.62. The minimum atomic E-state index is -3.57. The van der Waals surface area contributed by atoms with Crippen LogP contribution in [0.3, 0.4) is 0 Å². The molecule has 1 unspecified atom stereocenters. The molecule has 3 aromatic rings. The number of halogens is 2. The Morgan fingerprint density at radius 2 is 1.84 bits per heavy atom. The number of amides is 2. The second kappa shape index (κ2) is 8.39. The largest absolute Gasteiger partial charge is 0.419 e. The molecular weight excluding hydrogens is 514 g/mol. The summed E-state index contributed by atoms with van der Waals surface area (Å²) in [4.78, 5) is 34.0. The summed E-state index contributed by atoms with van der Waals surface area (Å²) < 4.78 is 36.1. The van der Waals surface area contributed by atoms with Crippen LogP contribution in [0.2, 0.25) is 0 Å². The normalized spacial score (nSPS) is 23.2. The third-order valence-corrected chi connectivity index (χ3v) is 8.86. The highest BCUT2D eigenvalue weighted by molar-refractivity contribution is 7.11. The molecule has 12 heteroatoms. The number of nitrogens with zero attached hydrogens (tertiary/aromatic N) is 6. The van der Waals surface area contributed by atoms with E-state index in [1.807, 2.05) is 6.07 Å². The van der Waals surface area contributed by atoms with Gasteiger partial charge in [-0.05, 0) is 24.0 Å². The van der Waals surface area contributed by atoms with Gasteiger partial charge in [0.1, 0.15) is 4.88 Å². The topological polar surface area (TPSA) is 116 Å². The highest BCUT2D eigenvalue weighted by Gasteiger charge is 2.62. The fraction of sp³-hybridized carbons (Fsp3) is 0.462. The Morgan fingerprint density at radius 1 is 1.16 bits per heavy atom.